The normalized spacial score (nSPS) is 44.3. The molecule has 10 heavy (non-hydrogen) atoms. The molecule has 0 aromatic heterocycles. The van der Waals surface area contributed by atoms with Crippen LogP contribution in [0, 0.1) is 17.8 Å². The molecule has 0 aliphatic heterocycles. The lowest BCUT2D eigenvalue weighted by molar-refractivity contribution is -0.133. The highest BCUT2D eigenvalue weighted by Gasteiger charge is 2.45. The van der Waals surface area contributed by atoms with Crippen molar-refractivity contribution < 1.29 is 4.79 Å². The Morgan fingerprint density at radius 3 is 2.20 bits per heavy atom. The molecule has 2 unspecified atom stereocenters. The topological polar surface area (TPSA) is 17.1 Å². The van der Waals surface area contributed by atoms with Crippen LogP contribution in [0.1, 0.15) is 32.6 Å². The van der Waals surface area contributed by atoms with E-state index in [4.69, 9.17) is 0 Å². The fourth-order valence-electron chi connectivity index (χ4n) is 2.77. The van der Waals surface area contributed by atoms with E-state index < -0.39 is 0 Å². The van der Waals surface area contributed by atoms with Gasteiger partial charge in [0.15, 0.2) is 0 Å². The van der Waals surface area contributed by atoms with E-state index in [-0.39, 0.29) is 0 Å². The summed E-state index contributed by atoms with van der Waals surface area (Å²) < 4.78 is 0. The lowest BCUT2D eigenvalue weighted by Gasteiger charge is -2.48. The zero-order valence-electron chi connectivity index (χ0n) is 6.47. The minimum Gasteiger partial charge on any atom is -0.300 e. The zero-order chi connectivity index (χ0) is 7.14. The maximum absolute atomic E-state index is 11.0. The highest BCUT2D eigenvalue weighted by atomic mass is 16.1. The van der Waals surface area contributed by atoms with E-state index in [1.54, 1.807) is 6.92 Å². The molecule has 2 atom stereocenters. The molecule has 1 nitrogen and oxygen atoms in total. The van der Waals surface area contributed by atoms with Crippen LogP contribution in [0.25, 0.3) is 0 Å². The second-order valence-electron chi connectivity index (χ2n) is 3.82. The molecule has 0 aromatic rings. The van der Waals surface area contributed by atoms with Gasteiger partial charge in [0.1, 0.15) is 5.78 Å². The Balaban J connectivity index is 2.06. The maximum Gasteiger partial charge on any atom is 0.133 e. The molecule has 3 fully saturated rings. The largest absolute Gasteiger partial charge is 0.300 e. The summed E-state index contributed by atoms with van der Waals surface area (Å²) in [4.78, 5) is 11.0. The predicted molar refractivity (Wildman–Crippen MR) is 39.6 cm³/mol. The second kappa shape index (κ2) is 2.08. The lowest BCUT2D eigenvalue weighted by Crippen LogP contribution is -2.44. The molecule has 3 aliphatic rings. The van der Waals surface area contributed by atoms with E-state index >= 15 is 0 Å². The third kappa shape index (κ3) is 0.727. The summed E-state index contributed by atoms with van der Waals surface area (Å²) in [7, 11) is 0. The minimum atomic E-state index is 0.445. The molecule has 0 N–H and O–H groups in total. The molecule has 0 aromatic carbocycles. The van der Waals surface area contributed by atoms with Crippen LogP contribution in [-0.4, -0.2) is 5.78 Å². The van der Waals surface area contributed by atoms with Gasteiger partial charge in [0.25, 0.3) is 0 Å². The van der Waals surface area contributed by atoms with Crippen molar-refractivity contribution in [2.45, 2.75) is 32.6 Å². The van der Waals surface area contributed by atoms with Crippen LogP contribution < -0.4 is 0 Å². The molecule has 1 heteroatoms. The van der Waals surface area contributed by atoms with Crippen molar-refractivity contribution in [3.8, 4) is 0 Å². The molecular weight excluding hydrogens is 124 g/mol. The van der Waals surface area contributed by atoms with Gasteiger partial charge in [-0.1, -0.05) is 6.42 Å². The second-order valence-corrected chi connectivity index (χ2v) is 3.82. The number of Topliss-reactive ketones (excluding diaryl/α,β-unsaturated/α-hetero) is 1. The smallest absolute Gasteiger partial charge is 0.133 e. The van der Waals surface area contributed by atoms with Crippen LogP contribution in [0.4, 0.5) is 0 Å². The molecule has 56 valence electrons. The quantitative estimate of drug-likeness (QED) is 0.541. The van der Waals surface area contributed by atoms with Gasteiger partial charge in [0.2, 0.25) is 0 Å². The van der Waals surface area contributed by atoms with Crippen molar-refractivity contribution in [3.63, 3.8) is 0 Å². The Morgan fingerprint density at radius 2 is 1.90 bits per heavy atom. The van der Waals surface area contributed by atoms with Gasteiger partial charge < -0.3 is 0 Å². The van der Waals surface area contributed by atoms with Crippen molar-refractivity contribution in [1.82, 2.24) is 0 Å². The van der Waals surface area contributed by atoms with E-state index in [9.17, 15) is 4.79 Å². The summed E-state index contributed by atoms with van der Waals surface area (Å²) in [5.74, 6) is 2.50. The van der Waals surface area contributed by atoms with Crippen LogP contribution in [-0.2, 0) is 4.79 Å². The molecule has 3 rings (SSSR count). The van der Waals surface area contributed by atoms with E-state index in [1.165, 1.54) is 25.7 Å². The van der Waals surface area contributed by atoms with E-state index in [1.807, 2.05) is 0 Å². The fraction of sp³-hybridized carbons (Fsp3) is 0.889. The first-order valence-corrected chi connectivity index (χ1v) is 4.29. The highest BCUT2D eigenvalue weighted by molar-refractivity contribution is 5.80. The summed E-state index contributed by atoms with van der Waals surface area (Å²) in [5.41, 5.74) is 0. The lowest BCUT2D eigenvalue weighted by atomic mass is 9.56. The van der Waals surface area contributed by atoms with Crippen molar-refractivity contribution in [2.75, 3.05) is 0 Å². The summed E-state index contributed by atoms with van der Waals surface area (Å²) in [6, 6.07) is 0. The van der Waals surface area contributed by atoms with Crippen molar-refractivity contribution in [1.29, 1.82) is 0 Å². The molecular formula is C9H14O. The van der Waals surface area contributed by atoms with Gasteiger partial charge in [0, 0.05) is 5.92 Å². The van der Waals surface area contributed by atoms with Crippen molar-refractivity contribution in [3.05, 3.63) is 0 Å². The summed E-state index contributed by atoms with van der Waals surface area (Å²) >= 11 is 0. The first kappa shape index (κ1) is 6.38. The summed E-state index contributed by atoms with van der Waals surface area (Å²) in [6.07, 6.45) is 5.37. The molecule has 0 saturated heterocycles. The van der Waals surface area contributed by atoms with Crippen LogP contribution in [0.15, 0.2) is 0 Å². The number of hydrogen-bond acceptors (Lipinski definition) is 1. The van der Waals surface area contributed by atoms with E-state index in [0.29, 0.717) is 11.7 Å². The van der Waals surface area contributed by atoms with Crippen LogP contribution in [0.3, 0.4) is 0 Å². The number of hydrogen-bond donors (Lipinski definition) is 0. The van der Waals surface area contributed by atoms with Gasteiger partial charge in [-0.3, -0.25) is 4.79 Å². The van der Waals surface area contributed by atoms with Crippen LogP contribution >= 0.6 is 0 Å². The van der Waals surface area contributed by atoms with Gasteiger partial charge in [-0.25, -0.2) is 0 Å². The summed E-state index contributed by atoms with van der Waals surface area (Å²) in [6.45, 7) is 1.76. The highest BCUT2D eigenvalue weighted by Crippen LogP contribution is 2.50. The van der Waals surface area contributed by atoms with Crippen molar-refractivity contribution in [2.24, 2.45) is 17.8 Å². The van der Waals surface area contributed by atoms with E-state index in [0.717, 1.165) is 11.8 Å². The van der Waals surface area contributed by atoms with Crippen molar-refractivity contribution >= 4 is 5.78 Å². The van der Waals surface area contributed by atoms with Gasteiger partial charge in [-0.2, -0.15) is 0 Å². The maximum atomic E-state index is 11.0. The number of ketones is 1. The van der Waals surface area contributed by atoms with Crippen LogP contribution in [0.5, 0.6) is 0 Å². The Morgan fingerprint density at radius 1 is 1.30 bits per heavy atom. The molecule has 3 aliphatic carbocycles. The molecule has 0 heterocycles. The third-order valence-corrected chi connectivity index (χ3v) is 3.24. The van der Waals surface area contributed by atoms with E-state index in [2.05, 4.69) is 0 Å². The monoisotopic (exact) mass is 138 g/mol. The molecule has 0 spiro atoms. The number of fused-ring (bicyclic) bond motifs is 2. The van der Waals surface area contributed by atoms with Gasteiger partial charge >= 0.3 is 0 Å². The fourth-order valence-corrected chi connectivity index (χ4v) is 2.77. The molecule has 3 saturated carbocycles. The average molecular weight is 138 g/mol. The number of carbonyl (C=O) groups is 1. The molecule has 0 amide bonds. The Labute approximate surface area is 61.8 Å². The SMILES string of the molecule is CC(=O)C1C2CCCC1C2. The summed E-state index contributed by atoms with van der Waals surface area (Å²) in [5, 5.41) is 0. The molecule has 0 radical (unpaired) electrons. The van der Waals surface area contributed by atoms with Crippen LogP contribution in [0.2, 0.25) is 0 Å². The van der Waals surface area contributed by atoms with Gasteiger partial charge in [-0.05, 0) is 38.0 Å². The zero-order valence-corrected chi connectivity index (χ0v) is 6.47. The number of rotatable bonds is 1. The Kier molecular flexibility index (Phi) is 1.33. The minimum absolute atomic E-state index is 0.445. The van der Waals surface area contributed by atoms with Gasteiger partial charge in [0.05, 0.1) is 0 Å². The third-order valence-electron chi connectivity index (χ3n) is 3.24. The first-order chi connectivity index (χ1) is 4.79. The Bertz CT molecular complexity index is 148. The predicted octanol–water partition coefficient (Wildman–Crippen LogP) is 2.01. The first-order valence-electron chi connectivity index (χ1n) is 4.29. The Hall–Kier alpha value is -0.330. The standard InChI is InChI=1S/C9H14O/c1-6(10)9-7-3-2-4-8(9)5-7/h7-9H,2-5H2,1H3. The molecule has 2 bridgehead atoms. The number of carbonyl (C=O) groups excluding carboxylic acids is 1. The van der Waals surface area contributed by atoms with Gasteiger partial charge in [-0.15, -0.1) is 0 Å². The average Bonchev–Trinajstić information content (AvgIpc) is 1.87.